The minimum atomic E-state index is -3.87. The van der Waals surface area contributed by atoms with Gasteiger partial charge in [-0.15, -0.1) is 0 Å². The Hall–Kier alpha value is -3.11. The number of ether oxygens (including phenoxy) is 2. The molecule has 0 aliphatic carbocycles. The van der Waals surface area contributed by atoms with Crippen LogP contribution in [0.1, 0.15) is 10.5 Å². The fourth-order valence-corrected chi connectivity index (χ4v) is 4.11. The Morgan fingerprint density at radius 2 is 1.86 bits per heavy atom. The minimum absolute atomic E-state index is 0.0000422. The quantitative estimate of drug-likeness (QED) is 0.677. The number of fused-ring (bicyclic) bond motifs is 1. The number of amides is 1. The Bertz CT molecular complexity index is 1130. The molecular formula is C19H19N3O6S. The maximum Gasteiger partial charge on any atom is 0.276 e. The highest BCUT2D eigenvalue weighted by Crippen LogP contribution is 2.25. The molecule has 0 radical (unpaired) electrons. The predicted octanol–water partition coefficient (Wildman–Crippen LogP) is 2.11. The van der Waals surface area contributed by atoms with Crippen LogP contribution >= 0.6 is 0 Å². The van der Waals surface area contributed by atoms with Crippen LogP contribution in [0.4, 0.5) is 5.69 Å². The largest absolute Gasteiger partial charge is 0.497 e. The second kappa shape index (κ2) is 7.72. The molecule has 2 heterocycles. The number of hydrogen-bond donors (Lipinski definition) is 1. The van der Waals surface area contributed by atoms with Crippen LogP contribution in [0.15, 0.2) is 51.9 Å². The zero-order valence-corrected chi connectivity index (χ0v) is 16.4. The molecule has 9 nitrogen and oxygen atoms in total. The van der Waals surface area contributed by atoms with Gasteiger partial charge in [0.05, 0.1) is 30.6 Å². The molecule has 0 saturated carbocycles. The summed E-state index contributed by atoms with van der Waals surface area (Å²) in [6, 6.07) is 10.8. The van der Waals surface area contributed by atoms with Gasteiger partial charge in [-0.2, -0.15) is 0 Å². The first-order chi connectivity index (χ1) is 14.0. The SMILES string of the molecule is COc1ccc(NS(=O)(=O)c2ccc3onc(C(=O)N4CCOCC4)c3c2)cc1. The fourth-order valence-electron chi connectivity index (χ4n) is 3.03. The molecule has 1 aliphatic rings. The molecule has 2 aromatic carbocycles. The van der Waals surface area contributed by atoms with Crippen molar-refractivity contribution in [3.05, 3.63) is 48.2 Å². The van der Waals surface area contributed by atoms with Crippen molar-refractivity contribution in [2.45, 2.75) is 4.90 Å². The smallest absolute Gasteiger partial charge is 0.276 e. The monoisotopic (exact) mass is 417 g/mol. The van der Waals surface area contributed by atoms with Crippen LogP contribution in [0, 0.1) is 0 Å². The average molecular weight is 417 g/mol. The normalized spacial score (nSPS) is 14.7. The van der Waals surface area contributed by atoms with E-state index in [9.17, 15) is 13.2 Å². The number of rotatable bonds is 5. The lowest BCUT2D eigenvalue weighted by atomic mass is 10.2. The van der Waals surface area contributed by atoms with Crippen molar-refractivity contribution >= 4 is 32.6 Å². The summed E-state index contributed by atoms with van der Waals surface area (Å²) < 4.78 is 43.6. The van der Waals surface area contributed by atoms with E-state index in [1.54, 1.807) is 29.2 Å². The lowest BCUT2D eigenvalue weighted by Gasteiger charge is -2.25. The second-order valence-electron chi connectivity index (χ2n) is 6.43. The van der Waals surface area contributed by atoms with Gasteiger partial charge in [0.1, 0.15) is 5.75 Å². The number of sulfonamides is 1. The number of aromatic nitrogens is 1. The van der Waals surface area contributed by atoms with Gasteiger partial charge >= 0.3 is 0 Å². The number of anilines is 1. The topological polar surface area (TPSA) is 111 Å². The third kappa shape index (κ3) is 3.89. The van der Waals surface area contributed by atoms with Crippen molar-refractivity contribution in [1.29, 1.82) is 0 Å². The number of benzene rings is 2. The molecule has 152 valence electrons. The maximum atomic E-state index is 12.8. The van der Waals surface area contributed by atoms with Crippen LogP contribution in [0.3, 0.4) is 0 Å². The van der Waals surface area contributed by atoms with Crippen LogP contribution in [-0.4, -0.2) is 57.8 Å². The summed E-state index contributed by atoms with van der Waals surface area (Å²) in [5.74, 6) is 0.301. The van der Waals surface area contributed by atoms with Crippen LogP contribution in [0.2, 0.25) is 0 Å². The van der Waals surface area contributed by atoms with E-state index >= 15 is 0 Å². The number of nitrogens with one attached hydrogen (secondary N) is 1. The molecular weight excluding hydrogens is 398 g/mol. The maximum absolute atomic E-state index is 12.8. The molecule has 3 aromatic rings. The summed E-state index contributed by atoms with van der Waals surface area (Å²) in [4.78, 5) is 14.4. The Kier molecular flexibility index (Phi) is 5.12. The molecule has 1 aromatic heterocycles. The van der Waals surface area contributed by atoms with E-state index in [2.05, 4.69) is 9.88 Å². The first-order valence-corrected chi connectivity index (χ1v) is 10.4. The summed E-state index contributed by atoms with van der Waals surface area (Å²) in [6.45, 7) is 1.80. The van der Waals surface area contributed by atoms with E-state index in [1.807, 2.05) is 0 Å². The number of carbonyl (C=O) groups is 1. The summed E-state index contributed by atoms with van der Waals surface area (Å²) in [5, 5.41) is 4.21. The molecule has 29 heavy (non-hydrogen) atoms. The molecule has 0 spiro atoms. The van der Waals surface area contributed by atoms with Crippen molar-refractivity contribution < 1.29 is 27.2 Å². The summed E-state index contributed by atoms with van der Waals surface area (Å²) in [5.41, 5.74) is 0.814. The number of carbonyl (C=O) groups excluding carboxylic acids is 1. The number of nitrogens with zero attached hydrogens (tertiary/aromatic N) is 2. The Balaban J connectivity index is 1.64. The minimum Gasteiger partial charge on any atom is -0.497 e. The van der Waals surface area contributed by atoms with Crippen molar-refractivity contribution in [2.75, 3.05) is 38.1 Å². The van der Waals surface area contributed by atoms with Gasteiger partial charge in [0.2, 0.25) is 0 Å². The molecule has 4 rings (SSSR count). The summed E-state index contributed by atoms with van der Waals surface area (Å²) in [6.07, 6.45) is 0. The van der Waals surface area contributed by atoms with Crippen LogP contribution < -0.4 is 9.46 Å². The van der Waals surface area contributed by atoms with Gasteiger partial charge in [-0.1, -0.05) is 5.16 Å². The molecule has 1 amide bonds. The van der Waals surface area contributed by atoms with Crippen molar-refractivity contribution in [2.24, 2.45) is 0 Å². The first kappa shape index (κ1) is 19.2. The van der Waals surface area contributed by atoms with Gasteiger partial charge in [-0.25, -0.2) is 8.42 Å². The van der Waals surface area contributed by atoms with Gasteiger partial charge < -0.3 is 18.9 Å². The van der Waals surface area contributed by atoms with E-state index in [-0.39, 0.29) is 16.5 Å². The molecule has 1 N–H and O–H groups in total. The van der Waals surface area contributed by atoms with Gasteiger partial charge in [0, 0.05) is 18.8 Å². The number of hydrogen-bond acceptors (Lipinski definition) is 7. The molecule has 1 saturated heterocycles. The highest BCUT2D eigenvalue weighted by atomic mass is 32.2. The number of morpholine rings is 1. The van der Waals surface area contributed by atoms with Gasteiger partial charge in [-0.05, 0) is 42.5 Å². The Morgan fingerprint density at radius 1 is 1.14 bits per heavy atom. The van der Waals surface area contributed by atoms with Crippen molar-refractivity contribution in [3.63, 3.8) is 0 Å². The van der Waals surface area contributed by atoms with Crippen LogP contribution in [0.5, 0.6) is 5.75 Å². The average Bonchev–Trinajstić information content (AvgIpc) is 3.17. The van der Waals surface area contributed by atoms with E-state index in [1.165, 1.54) is 25.3 Å². The highest BCUT2D eigenvalue weighted by Gasteiger charge is 2.25. The van der Waals surface area contributed by atoms with Crippen molar-refractivity contribution in [3.8, 4) is 5.75 Å². The third-order valence-corrected chi connectivity index (χ3v) is 5.97. The second-order valence-corrected chi connectivity index (χ2v) is 8.11. The molecule has 10 heteroatoms. The zero-order chi connectivity index (χ0) is 20.4. The summed E-state index contributed by atoms with van der Waals surface area (Å²) >= 11 is 0. The van der Waals surface area contributed by atoms with Crippen molar-refractivity contribution in [1.82, 2.24) is 10.1 Å². The van der Waals surface area contributed by atoms with E-state index in [4.69, 9.17) is 14.0 Å². The zero-order valence-electron chi connectivity index (χ0n) is 15.6. The first-order valence-electron chi connectivity index (χ1n) is 8.91. The Labute approximate surface area is 167 Å². The van der Waals surface area contributed by atoms with Gasteiger partial charge in [0.15, 0.2) is 11.3 Å². The lowest BCUT2D eigenvalue weighted by Crippen LogP contribution is -2.40. The van der Waals surface area contributed by atoms with E-state index < -0.39 is 10.0 Å². The van der Waals surface area contributed by atoms with Gasteiger partial charge in [-0.3, -0.25) is 9.52 Å². The lowest BCUT2D eigenvalue weighted by molar-refractivity contribution is 0.0297. The van der Waals surface area contributed by atoms with E-state index in [0.29, 0.717) is 48.7 Å². The molecule has 0 unspecified atom stereocenters. The van der Waals surface area contributed by atoms with Crippen LogP contribution in [-0.2, 0) is 14.8 Å². The highest BCUT2D eigenvalue weighted by molar-refractivity contribution is 7.92. The standard InChI is InChI=1S/C19H19N3O6S/c1-26-14-4-2-13(3-5-14)21-29(24,25)15-6-7-17-16(12-15)18(20-28-17)19(23)22-8-10-27-11-9-22/h2-7,12,21H,8-11H2,1H3. The molecule has 0 bridgehead atoms. The number of methoxy groups -OCH3 is 1. The van der Waals surface area contributed by atoms with E-state index in [0.717, 1.165) is 0 Å². The third-order valence-electron chi connectivity index (χ3n) is 4.59. The predicted molar refractivity (Wildman–Crippen MR) is 105 cm³/mol. The molecule has 0 atom stereocenters. The fraction of sp³-hybridized carbons (Fsp3) is 0.263. The van der Waals surface area contributed by atoms with Crippen LogP contribution in [0.25, 0.3) is 11.0 Å². The molecule has 1 fully saturated rings. The summed E-state index contributed by atoms with van der Waals surface area (Å²) in [7, 11) is -2.34. The van der Waals surface area contributed by atoms with Gasteiger partial charge in [0.25, 0.3) is 15.9 Å². The molecule has 1 aliphatic heterocycles. The Morgan fingerprint density at radius 3 is 2.55 bits per heavy atom.